The summed E-state index contributed by atoms with van der Waals surface area (Å²) in [5.74, 6) is 1.27. The topological polar surface area (TPSA) is 64.9 Å². The molecule has 0 saturated heterocycles. The van der Waals surface area contributed by atoms with Gasteiger partial charge in [-0.2, -0.15) is 4.98 Å². The molecule has 17 heavy (non-hydrogen) atoms. The Morgan fingerprint density at radius 1 is 1.24 bits per heavy atom. The largest absolute Gasteiger partial charge is 0.338 e. The van der Waals surface area contributed by atoms with Gasteiger partial charge in [-0.05, 0) is 18.4 Å². The van der Waals surface area contributed by atoms with E-state index in [4.69, 9.17) is 10.3 Å². The highest BCUT2D eigenvalue weighted by molar-refractivity contribution is 5.15. The summed E-state index contributed by atoms with van der Waals surface area (Å²) in [7, 11) is 0. The second-order valence-electron chi connectivity index (χ2n) is 4.05. The molecular formula is C13H17N3O. The van der Waals surface area contributed by atoms with Gasteiger partial charge in [0.1, 0.15) is 0 Å². The van der Waals surface area contributed by atoms with E-state index in [1.165, 1.54) is 5.56 Å². The van der Waals surface area contributed by atoms with Crippen LogP contribution in [0.2, 0.25) is 0 Å². The molecule has 2 aromatic rings. The molecule has 0 spiro atoms. The van der Waals surface area contributed by atoms with E-state index in [0.29, 0.717) is 5.89 Å². The molecular weight excluding hydrogens is 214 g/mol. The summed E-state index contributed by atoms with van der Waals surface area (Å²) in [6.45, 7) is 2.00. The summed E-state index contributed by atoms with van der Waals surface area (Å²) in [5.41, 5.74) is 7.10. The van der Waals surface area contributed by atoms with Crippen molar-refractivity contribution in [3.8, 4) is 0 Å². The van der Waals surface area contributed by atoms with E-state index >= 15 is 0 Å². The Labute approximate surface area is 101 Å². The van der Waals surface area contributed by atoms with Crippen molar-refractivity contribution >= 4 is 0 Å². The molecule has 1 aromatic carbocycles. The van der Waals surface area contributed by atoms with Crippen LogP contribution >= 0.6 is 0 Å². The van der Waals surface area contributed by atoms with Crippen LogP contribution in [-0.2, 0) is 12.8 Å². The molecule has 2 rings (SSSR count). The van der Waals surface area contributed by atoms with Crippen molar-refractivity contribution in [1.82, 2.24) is 10.1 Å². The first-order valence-corrected chi connectivity index (χ1v) is 5.91. The van der Waals surface area contributed by atoms with E-state index in [1.54, 1.807) is 0 Å². The molecule has 0 saturated carbocycles. The zero-order chi connectivity index (χ0) is 12.1. The van der Waals surface area contributed by atoms with E-state index < -0.39 is 0 Å². The molecule has 4 heteroatoms. The maximum absolute atomic E-state index is 5.82. The van der Waals surface area contributed by atoms with Gasteiger partial charge in [0, 0.05) is 6.42 Å². The van der Waals surface area contributed by atoms with Gasteiger partial charge in [0.15, 0.2) is 5.82 Å². The Hall–Kier alpha value is -1.68. The number of rotatable bonds is 5. The molecule has 90 valence electrons. The van der Waals surface area contributed by atoms with Crippen molar-refractivity contribution in [3.63, 3.8) is 0 Å². The van der Waals surface area contributed by atoms with E-state index in [1.807, 2.05) is 25.1 Å². The van der Waals surface area contributed by atoms with Crippen LogP contribution in [0.25, 0.3) is 0 Å². The third-order valence-corrected chi connectivity index (χ3v) is 2.72. The molecule has 0 aliphatic heterocycles. The number of nitrogens with two attached hydrogens (primary N) is 1. The standard InChI is InChI=1S/C13H17N3O/c1-2-11(14)13-15-12(16-17-13)9-8-10-6-4-3-5-7-10/h3-7,11H,2,8-9,14H2,1H3. The molecule has 0 bridgehead atoms. The maximum atomic E-state index is 5.82. The van der Waals surface area contributed by atoms with Crippen LogP contribution in [0.5, 0.6) is 0 Å². The van der Waals surface area contributed by atoms with Crippen LogP contribution in [0.4, 0.5) is 0 Å². The van der Waals surface area contributed by atoms with E-state index in [-0.39, 0.29) is 6.04 Å². The lowest BCUT2D eigenvalue weighted by molar-refractivity contribution is 0.348. The minimum atomic E-state index is -0.145. The summed E-state index contributed by atoms with van der Waals surface area (Å²) in [5, 5.41) is 3.93. The van der Waals surface area contributed by atoms with Gasteiger partial charge in [-0.15, -0.1) is 0 Å². The van der Waals surface area contributed by atoms with Gasteiger partial charge in [0.25, 0.3) is 0 Å². The number of nitrogens with zero attached hydrogens (tertiary/aromatic N) is 2. The molecule has 0 amide bonds. The average molecular weight is 231 g/mol. The number of hydrogen-bond acceptors (Lipinski definition) is 4. The Balaban J connectivity index is 1.94. The third kappa shape index (κ3) is 3.14. The summed E-state index contributed by atoms with van der Waals surface area (Å²) in [4.78, 5) is 4.29. The van der Waals surface area contributed by atoms with Crippen LogP contribution in [-0.4, -0.2) is 10.1 Å². The number of benzene rings is 1. The van der Waals surface area contributed by atoms with Crippen molar-refractivity contribution in [2.24, 2.45) is 5.73 Å². The highest BCUT2D eigenvalue weighted by Crippen LogP contribution is 2.11. The zero-order valence-electron chi connectivity index (χ0n) is 9.97. The predicted octanol–water partition coefficient (Wildman–Crippen LogP) is 2.26. The molecule has 1 unspecified atom stereocenters. The van der Waals surface area contributed by atoms with Crippen LogP contribution in [0.15, 0.2) is 34.9 Å². The van der Waals surface area contributed by atoms with Gasteiger partial charge in [0.2, 0.25) is 5.89 Å². The Kier molecular flexibility index (Phi) is 3.88. The first kappa shape index (κ1) is 11.8. The minimum absolute atomic E-state index is 0.145. The number of aryl methyl sites for hydroxylation is 2. The number of aromatic nitrogens is 2. The lowest BCUT2D eigenvalue weighted by Crippen LogP contribution is -2.09. The first-order valence-electron chi connectivity index (χ1n) is 5.91. The smallest absolute Gasteiger partial charge is 0.243 e. The van der Waals surface area contributed by atoms with Gasteiger partial charge >= 0.3 is 0 Å². The minimum Gasteiger partial charge on any atom is -0.338 e. The average Bonchev–Trinajstić information content (AvgIpc) is 2.85. The monoisotopic (exact) mass is 231 g/mol. The van der Waals surface area contributed by atoms with Crippen LogP contribution in [0.3, 0.4) is 0 Å². The lowest BCUT2D eigenvalue weighted by atomic mass is 10.1. The van der Waals surface area contributed by atoms with Crippen LogP contribution < -0.4 is 5.73 Å². The van der Waals surface area contributed by atoms with Crippen LogP contribution in [0, 0.1) is 0 Å². The second-order valence-corrected chi connectivity index (χ2v) is 4.05. The molecule has 1 heterocycles. The molecule has 2 N–H and O–H groups in total. The molecule has 0 fully saturated rings. The Morgan fingerprint density at radius 3 is 2.71 bits per heavy atom. The fourth-order valence-corrected chi connectivity index (χ4v) is 1.60. The van der Waals surface area contributed by atoms with Crippen molar-refractivity contribution in [1.29, 1.82) is 0 Å². The zero-order valence-corrected chi connectivity index (χ0v) is 9.97. The fourth-order valence-electron chi connectivity index (χ4n) is 1.60. The number of hydrogen-bond donors (Lipinski definition) is 1. The summed E-state index contributed by atoms with van der Waals surface area (Å²) in [6, 6.07) is 10.1. The van der Waals surface area contributed by atoms with Gasteiger partial charge in [0.05, 0.1) is 6.04 Å². The third-order valence-electron chi connectivity index (χ3n) is 2.72. The van der Waals surface area contributed by atoms with Crippen molar-refractivity contribution in [2.45, 2.75) is 32.2 Å². The molecule has 0 radical (unpaired) electrons. The van der Waals surface area contributed by atoms with Crippen molar-refractivity contribution in [2.75, 3.05) is 0 Å². The lowest BCUT2D eigenvalue weighted by Gasteiger charge is -1.99. The summed E-state index contributed by atoms with van der Waals surface area (Å²) in [6.07, 6.45) is 2.51. The Bertz CT molecular complexity index is 453. The molecule has 1 aromatic heterocycles. The summed E-state index contributed by atoms with van der Waals surface area (Å²) >= 11 is 0. The van der Waals surface area contributed by atoms with E-state index in [9.17, 15) is 0 Å². The SMILES string of the molecule is CCC(N)c1nc(CCc2ccccc2)no1. The summed E-state index contributed by atoms with van der Waals surface area (Å²) < 4.78 is 5.12. The highest BCUT2D eigenvalue weighted by Gasteiger charge is 2.12. The molecule has 4 nitrogen and oxygen atoms in total. The fraction of sp³-hybridized carbons (Fsp3) is 0.385. The van der Waals surface area contributed by atoms with Gasteiger partial charge in [-0.25, -0.2) is 0 Å². The first-order chi connectivity index (χ1) is 8.29. The van der Waals surface area contributed by atoms with E-state index in [0.717, 1.165) is 25.1 Å². The Morgan fingerprint density at radius 2 is 2.00 bits per heavy atom. The van der Waals surface area contributed by atoms with Gasteiger partial charge in [-0.1, -0.05) is 42.4 Å². The molecule has 0 aliphatic carbocycles. The predicted molar refractivity (Wildman–Crippen MR) is 65.4 cm³/mol. The van der Waals surface area contributed by atoms with Crippen molar-refractivity contribution < 1.29 is 4.52 Å². The normalized spacial score (nSPS) is 12.6. The van der Waals surface area contributed by atoms with Gasteiger partial charge < -0.3 is 10.3 Å². The second kappa shape index (κ2) is 5.59. The maximum Gasteiger partial charge on any atom is 0.243 e. The highest BCUT2D eigenvalue weighted by atomic mass is 16.5. The van der Waals surface area contributed by atoms with E-state index in [2.05, 4.69) is 22.3 Å². The quantitative estimate of drug-likeness (QED) is 0.857. The molecule has 0 aliphatic rings. The molecule has 1 atom stereocenters. The van der Waals surface area contributed by atoms with Gasteiger partial charge in [-0.3, -0.25) is 0 Å². The van der Waals surface area contributed by atoms with Crippen molar-refractivity contribution in [3.05, 3.63) is 47.6 Å². The van der Waals surface area contributed by atoms with Crippen LogP contribution in [0.1, 0.15) is 36.7 Å².